The number of amides is 1. The lowest BCUT2D eigenvalue weighted by Gasteiger charge is -2.25. The molecule has 0 spiro atoms. The number of β-amino-alcohol motifs (C(OH)–C–C–N with tert-alkyl or cyclic N) is 1. The molecule has 2 aliphatic rings. The molecule has 0 unspecified atom stereocenters. The molecule has 2 aromatic rings. The van der Waals surface area contributed by atoms with Crippen LogP contribution in [0.2, 0.25) is 0 Å². The standard InChI is InChI=1S/C17H22N6O3/c18-14-6-15(21-9-20-14)23-8-11(24)5-10(23)7-19-17(25)16-12-3-1-2-4-13(12)26-22-16/h6,9-11,24H,1-5,7-8H2,(H,19,25)(H2,18,20,21)/t10-,11-/m1/s1. The molecule has 0 saturated carbocycles. The number of carbonyl (C=O) groups excluding carboxylic acids is 1. The first-order valence-electron chi connectivity index (χ1n) is 8.89. The Labute approximate surface area is 150 Å². The van der Waals surface area contributed by atoms with Crippen LogP contribution in [0.1, 0.15) is 41.1 Å². The van der Waals surface area contributed by atoms with E-state index >= 15 is 0 Å². The number of nitrogens with one attached hydrogen (secondary N) is 1. The van der Waals surface area contributed by atoms with Crippen LogP contribution in [0, 0.1) is 0 Å². The summed E-state index contributed by atoms with van der Waals surface area (Å²) in [5.41, 5.74) is 7.05. The number of hydrogen-bond donors (Lipinski definition) is 3. The SMILES string of the molecule is Nc1cc(N2C[C@H](O)C[C@@H]2CNC(=O)c2noc3c2CCCC3)ncn1. The number of carbonyl (C=O) groups is 1. The molecule has 4 N–H and O–H groups in total. The van der Waals surface area contributed by atoms with Crippen molar-refractivity contribution in [2.24, 2.45) is 0 Å². The van der Waals surface area contributed by atoms with Crippen molar-refractivity contribution >= 4 is 17.5 Å². The van der Waals surface area contributed by atoms with Crippen LogP contribution in [0.15, 0.2) is 16.9 Å². The van der Waals surface area contributed by atoms with Crippen LogP contribution in [0.25, 0.3) is 0 Å². The molecule has 0 radical (unpaired) electrons. The second-order valence-corrected chi connectivity index (χ2v) is 6.85. The van der Waals surface area contributed by atoms with Gasteiger partial charge in [-0.05, 0) is 25.7 Å². The normalized spacial score (nSPS) is 22.3. The van der Waals surface area contributed by atoms with Crippen molar-refractivity contribution in [3.8, 4) is 0 Å². The summed E-state index contributed by atoms with van der Waals surface area (Å²) in [6, 6.07) is 1.59. The lowest BCUT2D eigenvalue weighted by molar-refractivity contribution is 0.0940. The molecule has 1 amide bonds. The van der Waals surface area contributed by atoms with Crippen LogP contribution in [0.5, 0.6) is 0 Å². The van der Waals surface area contributed by atoms with E-state index < -0.39 is 6.10 Å². The Morgan fingerprint density at radius 2 is 2.23 bits per heavy atom. The van der Waals surface area contributed by atoms with Crippen LogP contribution < -0.4 is 16.0 Å². The van der Waals surface area contributed by atoms with Gasteiger partial charge in [-0.15, -0.1) is 0 Å². The smallest absolute Gasteiger partial charge is 0.273 e. The molecule has 9 heteroatoms. The molecule has 2 atom stereocenters. The highest BCUT2D eigenvalue weighted by molar-refractivity contribution is 5.93. The monoisotopic (exact) mass is 358 g/mol. The van der Waals surface area contributed by atoms with Gasteiger partial charge in [-0.1, -0.05) is 5.16 Å². The van der Waals surface area contributed by atoms with E-state index in [0.29, 0.717) is 36.8 Å². The van der Waals surface area contributed by atoms with E-state index in [2.05, 4.69) is 20.4 Å². The van der Waals surface area contributed by atoms with Gasteiger partial charge in [0.05, 0.1) is 12.1 Å². The Morgan fingerprint density at radius 1 is 1.38 bits per heavy atom. The third kappa shape index (κ3) is 3.22. The van der Waals surface area contributed by atoms with Gasteiger partial charge in [-0.3, -0.25) is 4.79 Å². The highest BCUT2D eigenvalue weighted by Gasteiger charge is 2.33. The Bertz CT molecular complexity index is 808. The molecule has 1 fully saturated rings. The van der Waals surface area contributed by atoms with Gasteiger partial charge in [0, 0.05) is 31.1 Å². The van der Waals surface area contributed by atoms with E-state index in [4.69, 9.17) is 10.3 Å². The summed E-state index contributed by atoms with van der Waals surface area (Å²) in [5.74, 6) is 1.61. The zero-order valence-electron chi connectivity index (χ0n) is 14.4. The van der Waals surface area contributed by atoms with Crippen molar-refractivity contribution in [3.05, 3.63) is 29.4 Å². The second kappa shape index (κ2) is 6.91. The summed E-state index contributed by atoms with van der Waals surface area (Å²) >= 11 is 0. The largest absolute Gasteiger partial charge is 0.391 e. The predicted octanol–water partition coefficient (Wildman–Crippen LogP) is 0.295. The minimum absolute atomic E-state index is 0.0778. The van der Waals surface area contributed by atoms with Gasteiger partial charge in [-0.25, -0.2) is 9.97 Å². The summed E-state index contributed by atoms with van der Waals surface area (Å²) in [6.07, 6.45) is 5.25. The van der Waals surface area contributed by atoms with E-state index in [9.17, 15) is 9.90 Å². The number of nitrogens with zero attached hydrogens (tertiary/aromatic N) is 4. The van der Waals surface area contributed by atoms with Gasteiger partial charge in [0.15, 0.2) is 5.69 Å². The Balaban J connectivity index is 1.44. The quantitative estimate of drug-likeness (QED) is 0.711. The molecule has 3 heterocycles. The predicted molar refractivity (Wildman–Crippen MR) is 93.7 cm³/mol. The maximum atomic E-state index is 12.6. The summed E-state index contributed by atoms with van der Waals surface area (Å²) in [4.78, 5) is 22.6. The number of hydrogen-bond acceptors (Lipinski definition) is 8. The van der Waals surface area contributed by atoms with Gasteiger partial charge in [0.25, 0.3) is 5.91 Å². The molecule has 1 aliphatic carbocycles. The first kappa shape index (κ1) is 16.8. The summed E-state index contributed by atoms with van der Waals surface area (Å²) in [5, 5.41) is 16.9. The first-order chi connectivity index (χ1) is 12.6. The van der Waals surface area contributed by atoms with Gasteiger partial charge in [0.2, 0.25) is 0 Å². The van der Waals surface area contributed by atoms with Crippen molar-refractivity contribution in [2.75, 3.05) is 23.7 Å². The minimum atomic E-state index is -0.479. The number of fused-ring (bicyclic) bond motifs is 1. The van der Waals surface area contributed by atoms with E-state index in [1.165, 1.54) is 6.33 Å². The molecular weight excluding hydrogens is 336 g/mol. The lowest BCUT2D eigenvalue weighted by Crippen LogP contribution is -2.41. The fourth-order valence-corrected chi connectivity index (χ4v) is 3.74. The van der Waals surface area contributed by atoms with Gasteiger partial charge in [-0.2, -0.15) is 0 Å². The van der Waals surface area contributed by atoms with Gasteiger partial charge >= 0.3 is 0 Å². The highest BCUT2D eigenvalue weighted by atomic mass is 16.5. The summed E-state index contributed by atoms with van der Waals surface area (Å²) in [6.45, 7) is 0.817. The fourth-order valence-electron chi connectivity index (χ4n) is 3.74. The average molecular weight is 358 g/mol. The number of aryl methyl sites for hydroxylation is 1. The number of aromatic nitrogens is 3. The van der Waals surface area contributed by atoms with Crippen molar-refractivity contribution in [2.45, 2.75) is 44.2 Å². The van der Waals surface area contributed by atoms with Crippen LogP contribution >= 0.6 is 0 Å². The molecule has 138 valence electrons. The van der Waals surface area contributed by atoms with Crippen molar-refractivity contribution < 1.29 is 14.4 Å². The number of rotatable bonds is 4. The minimum Gasteiger partial charge on any atom is -0.391 e. The number of nitrogen functional groups attached to an aromatic ring is 1. The van der Waals surface area contributed by atoms with E-state index in [1.807, 2.05) is 4.90 Å². The number of aliphatic hydroxyl groups is 1. The first-order valence-corrected chi connectivity index (χ1v) is 8.89. The van der Waals surface area contributed by atoms with Gasteiger partial charge in [0.1, 0.15) is 23.7 Å². The Morgan fingerprint density at radius 3 is 3.08 bits per heavy atom. The van der Waals surface area contributed by atoms with E-state index in [-0.39, 0.29) is 11.9 Å². The Hall–Kier alpha value is -2.68. The van der Waals surface area contributed by atoms with Gasteiger partial charge < -0.3 is 25.6 Å². The topological polar surface area (TPSA) is 130 Å². The maximum absolute atomic E-state index is 12.6. The maximum Gasteiger partial charge on any atom is 0.273 e. The highest BCUT2D eigenvalue weighted by Crippen LogP contribution is 2.26. The van der Waals surface area contributed by atoms with Crippen LogP contribution in [0.3, 0.4) is 0 Å². The fraction of sp³-hybridized carbons (Fsp3) is 0.529. The number of nitrogens with two attached hydrogens (primary N) is 1. The molecule has 0 bridgehead atoms. The van der Waals surface area contributed by atoms with Crippen LogP contribution in [-0.2, 0) is 12.8 Å². The average Bonchev–Trinajstić information content (AvgIpc) is 3.23. The van der Waals surface area contributed by atoms with Crippen molar-refractivity contribution in [3.63, 3.8) is 0 Å². The van der Waals surface area contributed by atoms with Crippen LogP contribution in [0.4, 0.5) is 11.6 Å². The lowest BCUT2D eigenvalue weighted by atomic mass is 9.96. The molecule has 4 rings (SSSR count). The second-order valence-electron chi connectivity index (χ2n) is 6.85. The third-order valence-corrected chi connectivity index (χ3v) is 5.02. The molecule has 26 heavy (non-hydrogen) atoms. The Kier molecular flexibility index (Phi) is 4.46. The van der Waals surface area contributed by atoms with Crippen molar-refractivity contribution in [1.29, 1.82) is 0 Å². The molecular formula is C17H22N6O3. The molecule has 1 saturated heterocycles. The number of aliphatic hydroxyl groups excluding tert-OH is 1. The molecule has 0 aromatic carbocycles. The number of anilines is 2. The summed E-state index contributed by atoms with van der Waals surface area (Å²) < 4.78 is 5.31. The molecule has 2 aromatic heterocycles. The van der Waals surface area contributed by atoms with E-state index in [0.717, 1.165) is 37.0 Å². The zero-order chi connectivity index (χ0) is 18.1. The van der Waals surface area contributed by atoms with E-state index in [1.54, 1.807) is 6.07 Å². The third-order valence-electron chi connectivity index (χ3n) is 5.02. The van der Waals surface area contributed by atoms with Crippen LogP contribution in [-0.4, -0.2) is 51.4 Å². The summed E-state index contributed by atoms with van der Waals surface area (Å²) in [7, 11) is 0. The molecule has 9 nitrogen and oxygen atoms in total. The van der Waals surface area contributed by atoms with Crippen molar-refractivity contribution in [1.82, 2.24) is 20.4 Å². The zero-order valence-corrected chi connectivity index (χ0v) is 14.4. The molecule has 1 aliphatic heterocycles.